The van der Waals surface area contributed by atoms with Crippen molar-refractivity contribution in [2.45, 2.75) is 40.2 Å². The summed E-state index contributed by atoms with van der Waals surface area (Å²) in [5, 5.41) is 1.08. The Labute approximate surface area is 169 Å². The molecule has 3 rings (SSSR count). The van der Waals surface area contributed by atoms with E-state index in [0.29, 0.717) is 12.5 Å². The lowest BCUT2D eigenvalue weighted by Crippen LogP contribution is -2.20. The van der Waals surface area contributed by atoms with Crippen LogP contribution in [-0.4, -0.2) is 34.8 Å². The van der Waals surface area contributed by atoms with Crippen LogP contribution in [0.2, 0.25) is 0 Å². The zero-order valence-electron chi connectivity index (χ0n) is 16.7. The first-order chi connectivity index (χ1) is 13.0. The molecular formula is C21H27BrN4O. The predicted octanol–water partition coefficient (Wildman–Crippen LogP) is 5.43. The van der Waals surface area contributed by atoms with Crippen LogP contribution in [0, 0.1) is 6.92 Å². The van der Waals surface area contributed by atoms with E-state index in [1.807, 2.05) is 6.92 Å². The molecule has 2 heterocycles. The van der Waals surface area contributed by atoms with Crippen LogP contribution in [0.5, 0.6) is 0 Å². The summed E-state index contributed by atoms with van der Waals surface area (Å²) in [4.78, 5) is 11.8. The number of hydrogen-bond donors (Lipinski definition) is 0. The first-order valence-electron chi connectivity index (χ1n) is 9.35. The summed E-state index contributed by atoms with van der Waals surface area (Å²) in [5.41, 5.74) is 4.32. The van der Waals surface area contributed by atoms with Gasteiger partial charge in [0.05, 0.1) is 18.0 Å². The van der Waals surface area contributed by atoms with Crippen molar-refractivity contribution in [2.75, 3.05) is 25.2 Å². The van der Waals surface area contributed by atoms with E-state index in [4.69, 9.17) is 14.7 Å². The number of rotatable bonds is 7. The van der Waals surface area contributed by atoms with E-state index >= 15 is 0 Å². The highest BCUT2D eigenvalue weighted by molar-refractivity contribution is 9.10. The van der Waals surface area contributed by atoms with Gasteiger partial charge in [0.2, 0.25) is 5.95 Å². The smallest absolute Gasteiger partial charge is 0.232 e. The Morgan fingerprint density at radius 2 is 2.00 bits per heavy atom. The zero-order chi connectivity index (χ0) is 19.6. The van der Waals surface area contributed by atoms with Crippen LogP contribution in [0.3, 0.4) is 0 Å². The number of ether oxygens (including phenoxy) is 1. The maximum absolute atomic E-state index is 5.23. The van der Waals surface area contributed by atoms with Gasteiger partial charge in [-0.3, -0.25) is 0 Å². The van der Waals surface area contributed by atoms with Crippen LogP contribution in [0.25, 0.3) is 11.0 Å². The molecule has 0 saturated carbocycles. The molecule has 0 aliphatic heterocycles. The molecule has 1 aromatic carbocycles. The van der Waals surface area contributed by atoms with E-state index in [-0.39, 0.29) is 0 Å². The lowest BCUT2D eigenvalue weighted by molar-refractivity contribution is 0.188. The fourth-order valence-corrected chi connectivity index (χ4v) is 3.82. The van der Waals surface area contributed by atoms with Crippen LogP contribution in [0.1, 0.15) is 37.9 Å². The van der Waals surface area contributed by atoms with Crippen LogP contribution in [-0.2, 0) is 11.3 Å². The Morgan fingerprint density at radius 3 is 2.63 bits per heavy atom. The van der Waals surface area contributed by atoms with E-state index in [0.717, 1.165) is 45.9 Å². The summed E-state index contributed by atoms with van der Waals surface area (Å²) < 4.78 is 8.42. The molecule has 0 spiro atoms. The fraction of sp³-hybridized carbons (Fsp3) is 0.429. The standard InChI is InChI=1S/C21H27BrN4O/c1-6-26(19-8-7-16(14(2)3)13-18(19)22)21-23-15(4)17-9-10-25(11-12-27-5)20(17)24-21/h7-10,13-14H,6,11-12H2,1-5H3. The van der Waals surface area contributed by atoms with Gasteiger partial charge in [0.1, 0.15) is 5.65 Å². The molecule has 0 radical (unpaired) electrons. The first-order valence-corrected chi connectivity index (χ1v) is 10.1. The Balaban J connectivity index is 2.06. The molecule has 0 N–H and O–H groups in total. The average molecular weight is 431 g/mol. The summed E-state index contributed by atoms with van der Waals surface area (Å²) in [6.45, 7) is 10.8. The quantitative estimate of drug-likeness (QED) is 0.500. The molecule has 0 bridgehead atoms. The summed E-state index contributed by atoms with van der Waals surface area (Å²) in [6, 6.07) is 8.60. The van der Waals surface area contributed by atoms with Gasteiger partial charge in [-0.2, -0.15) is 4.98 Å². The molecule has 0 aliphatic rings. The van der Waals surface area contributed by atoms with Crippen molar-refractivity contribution in [3.63, 3.8) is 0 Å². The average Bonchev–Trinajstić information content (AvgIpc) is 3.05. The minimum absolute atomic E-state index is 0.490. The molecular weight excluding hydrogens is 404 g/mol. The lowest BCUT2D eigenvalue weighted by atomic mass is 10.0. The van der Waals surface area contributed by atoms with Gasteiger partial charge in [-0.15, -0.1) is 0 Å². The third-order valence-electron chi connectivity index (χ3n) is 4.82. The van der Waals surface area contributed by atoms with Gasteiger partial charge in [-0.1, -0.05) is 19.9 Å². The van der Waals surface area contributed by atoms with Crippen LogP contribution >= 0.6 is 15.9 Å². The van der Waals surface area contributed by atoms with Crippen LogP contribution in [0.4, 0.5) is 11.6 Å². The van der Waals surface area contributed by atoms with Crippen molar-refractivity contribution < 1.29 is 4.74 Å². The van der Waals surface area contributed by atoms with E-state index in [1.165, 1.54) is 5.56 Å². The number of fused-ring (bicyclic) bond motifs is 1. The molecule has 0 fully saturated rings. The molecule has 0 unspecified atom stereocenters. The number of aryl methyl sites for hydroxylation is 1. The largest absolute Gasteiger partial charge is 0.383 e. The van der Waals surface area contributed by atoms with Gasteiger partial charge < -0.3 is 14.2 Å². The number of anilines is 2. The molecule has 3 aromatic rings. The highest BCUT2D eigenvalue weighted by Crippen LogP contribution is 2.33. The molecule has 5 nitrogen and oxygen atoms in total. The summed E-state index contributed by atoms with van der Waals surface area (Å²) in [7, 11) is 1.72. The number of benzene rings is 1. The molecule has 0 amide bonds. The number of aromatic nitrogens is 3. The normalized spacial score (nSPS) is 11.5. The second kappa shape index (κ2) is 8.40. The number of halogens is 1. The number of methoxy groups -OCH3 is 1. The fourth-order valence-electron chi connectivity index (χ4n) is 3.21. The highest BCUT2D eigenvalue weighted by Gasteiger charge is 2.17. The SMILES string of the molecule is CCN(c1nc(C)c2ccn(CCOC)c2n1)c1ccc(C(C)C)cc1Br. The van der Waals surface area contributed by atoms with Gasteiger partial charge in [0.15, 0.2) is 0 Å². The summed E-state index contributed by atoms with van der Waals surface area (Å²) in [5.74, 6) is 1.21. The predicted molar refractivity (Wildman–Crippen MR) is 115 cm³/mol. The Morgan fingerprint density at radius 1 is 1.22 bits per heavy atom. The Hall–Kier alpha value is -1.92. The Bertz CT molecular complexity index is 935. The van der Waals surface area contributed by atoms with E-state index in [1.54, 1.807) is 7.11 Å². The van der Waals surface area contributed by atoms with E-state index in [2.05, 4.69) is 76.6 Å². The molecule has 0 aliphatic carbocycles. The highest BCUT2D eigenvalue weighted by atomic mass is 79.9. The summed E-state index contributed by atoms with van der Waals surface area (Å²) >= 11 is 3.74. The van der Waals surface area contributed by atoms with Crippen molar-refractivity contribution >= 4 is 38.6 Å². The second-order valence-corrected chi connectivity index (χ2v) is 7.81. The molecule has 27 heavy (non-hydrogen) atoms. The van der Waals surface area contributed by atoms with Crippen molar-refractivity contribution in [2.24, 2.45) is 0 Å². The lowest BCUT2D eigenvalue weighted by Gasteiger charge is -2.23. The minimum atomic E-state index is 0.490. The second-order valence-electron chi connectivity index (χ2n) is 6.96. The molecule has 0 saturated heterocycles. The van der Waals surface area contributed by atoms with Gasteiger partial charge >= 0.3 is 0 Å². The molecule has 6 heteroatoms. The van der Waals surface area contributed by atoms with Crippen molar-refractivity contribution in [1.29, 1.82) is 0 Å². The molecule has 0 atom stereocenters. The van der Waals surface area contributed by atoms with Gasteiger partial charge in [-0.05, 0) is 59.5 Å². The monoisotopic (exact) mass is 430 g/mol. The maximum atomic E-state index is 5.23. The van der Waals surface area contributed by atoms with E-state index < -0.39 is 0 Å². The van der Waals surface area contributed by atoms with Crippen molar-refractivity contribution in [3.8, 4) is 0 Å². The zero-order valence-corrected chi connectivity index (χ0v) is 18.2. The third-order valence-corrected chi connectivity index (χ3v) is 5.46. The maximum Gasteiger partial charge on any atom is 0.232 e. The van der Waals surface area contributed by atoms with Crippen molar-refractivity contribution in [3.05, 3.63) is 46.2 Å². The molecule has 144 valence electrons. The molecule has 2 aromatic heterocycles. The summed E-state index contributed by atoms with van der Waals surface area (Å²) in [6.07, 6.45) is 2.05. The van der Waals surface area contributed by atoms with Gasteiger partial charge in [0.25, 0.3) is 0 Å². The third kappa shape index (κ3) is 4.01. The van der Waals surface area contributed by atoms with Crippen LogP contribution < -0.4 is 4.90 Å². The number of hydrogen-bond acceptors (Lipinski definition) is 4. The van der Waals surface area contributed by atoms with Gasteiger partial charge in [0, 0.05) is 36.3 Å². The van der Waals surface area contributed by atoms with Crippen LogP contribution in [0.15, 0.2) is 34.9 Å². The topological polar surface area (TPSA) is 43.2 Å². The number of nitrogens with zero attached hydrogens (tertiary/aromatic N) is 4. The van der Waals surface area contributed by atoms with Gasteiger partial charge in [-0.25, -0.2) is 4.98 Å². The first kappa shape index (κ1) is 19.8. The van der Waals surface area contributed by atoms with Crippen molar-refractivity contribution in [1.82, 2.24) is 14.5 Å². The Kier molecular flexibility index (Phi) is 6.17. The van der Waals surface area contributed by atoms with E-state index in [9.17, 15) is 0 Å². The minimum Gasteiger partial charge on any atom is -0.383 e.